The maximum Gasteiger partial charge on any atom is 0.253 e. The number of carbonyl (C=O) groups excluding carboxylic acids is 1. The molecule has 1 unspecified atom stereocenters. The molecule has 1 atom stereocenters. The van der Waals surface area contributed by atoms with Gasteiger partial charge in [0, 0.05) is 29.1 Å². The summed E-state index contributed by atoms with van der Waals surface area (Å²) in [5.41, 5.74) is 0.256. The van der Waals surface area contributed by atoms with Crippen LogP contribution in [0, 0.1) is 17.8 Å². The molecule has 4 nitrogen and oxygen atoms in total. The number of amides is 1. The molecule has 0 radical (unpaired) electrons. The van der Waals surface area contributed by atoms with Gasteiger partial charge >= 0.3 is 0 Å². The number of piperidine rings is 1. The number of hydrogen-bond donors (Lipinski definition) is 2. The molecule has 3 rings (SSSR count). The average Bonchev–Trinajstić information content (AvgIpc) is 3.20. The number of nitrogens with zero attached hydrogens (tertiary/aromatic N) is 1. The van der Waals surface area contributed by atoms with Crippen LogP contribution in [0.2, 0.25) is 0 Å². The minimum Gasteiger partial charge on any atom is -0.387 e. The molecule has 2 N–H and O–H groups in total. The van der Waals surface area contributed by atoms with Gasteiger partial charge in [-0.05, 0) is 62.3 Å². The van der Waals surface area contributed by atoms with Crippen LogP contribution in [0.4, 0.5) is 0 Å². The topological polar surface area (TPSA) is 60.8 Å². The third-order valence-electron chi connectivity index (χ3n) is 4.73. The Hall–Kier alpha value is -2.13. The van der Waals surface area contributed by atoms with Crippen molar-refractivity contribution in [1.82, 2.24) is 4.90 Å². The van der Waals surface area contributed by atoms with Crippen LogP contribution in [0.3, 0.4) is 0 Å². The lowest BCUT2D eigenvalue weighted by Crippen LogP contribution is -2.39. The minimum absolute atomic E-state index is 0.00836. The van der Waals surface area contributed by atoms with Crippen molar-refractivity contribution in [2.24, 2.45) is 5.92 Å². The van der Waals surface area contributed by atoms with Gasteiger partial charge in [-0.1, -0.05) is 24.0 Å². The number of carbonyl (C=O) groups is 1. The molecule has 2 aromatic rings. The zero-order chi connectivity index (χ0) is 19.4. The maximum absolute atomic E-state index is 12.8. The molecule has 1 aromatic heterocycles. The molecule has 142 valence electrons. The fraction of sp³-hybridized carbons (Fsp3) is 0.409. The highest BCUT2D eigenvalue weighted by Crippen LogP contribution is 2.33. The molecule has 27 heavy (non-hydrogen) atoms. The van der Waals surface area contributed by atoms with Crippen LogP contribution in [0.25, 0.3) is 0 Å². The van der Waals surface area contributed by atoms with E-state index in [-0.39, 0.29) is 11.8 Å². The summed E-state index contributed by atoms with van der Waals surface area (Å²) in [5.74, 6) is 5.87. The molecular formula is C22H25NO3S. The average molecular weight is 384 g/mol. The van der Waals surface area contributed by atoms with Crippen LogP contribution in [0.1, 0.15) is 53.6 Å². The van der Waals surface area contributed by atoms with E-state index in [0.29, 0.717) is 24.2 Å². The first-order valence-electron chi connectivity index (χ1n) is 9.20. The molecule has 0 aliphatic carbocycles. The van der Waals surface area contributed by atoms with Gasteiger partial charge in [0.05, 0.1) is 6.10 Å². The molecule has 0 saturated carbocycles. The standard InChI is InChI=1S/C22H25NO3S/c1-22(2,26)11-8-16-5-3-6-18(15-16)21(25)23-12-9-17(10-13-23)20(24)19-7-4-14-27-19/h3-7,14-15,17,20,24,26H,9-10,12-13H2,1-2H3. The smallest absolute Gasteiger partial charge is 0.253 e. The molecule has 2 heterocycles. The third kappa shape index (κ3) is 5.20. The van der Waals surface area contributed by atoms with Crippen molar-refractivity contribution in [3.05, 3.63) is 57.8 Å². The van der Waals surface area contributed by atoms with Crippen molar-refractivity contribution in [3.63, 3.8) is 0 Å². The Morgan fingerprint density at radius 3 is 2.63 bits per heavy atom. The predicted molar refractivity (Wildman–Crippen MR) is 108 cm³/mol. The van der Waals surface area contributed by atoms with Crippen LogP contribution < -0.4 is 0 Å². The minimum atomic E-state index is -1.06. The summed E-state index contributed by atoms with van der Waals surface area (Å²) < 4.78 is 0. The van der Waals surface area contributed by atoms with Crippen LogP contribution in [-0.4, -0.2) is 39.7 Å². The Bertz CT molecular complexity index is 834. The van der Waals surface area contributed by atoms with E-state index in [2.05, 4.69) is 11.8 Å². The zero-order valence-electron chi connectivity index (χ0n) is 15.7. The molecule has 1 aliphatic rings. The summed E-state index contributed by atoms with van der Waals surface area (Å²) in [6, 6.07) is 11.1. The Morgan fingerprint density at radius 2 is 2.00 bits per heavy atom. The fourth-order valence-electron chi connectivity index (χ4n) is 3.25. The van der Waals surface area contributed by atoms with Gasteiger partial charge in [0.25, 0.3) is 5.91 Å². The van der Waals surface area contributed by atoms with Crippen molar-refractivity contribution in [3.8, 4) is 11.8 Å². The highest BCUT2D eigenvalue weighted by Gasteiger charge is 2.29. The fourth-order valence-corrected chi connectivity index (χ4v) is 4.05. The summed E-state index contributed by atoms with van der Waals surface area (Å²) in [6.45, 7) is 4.55. The highest BCUT2D eigenvalue weighted by atomic mass is 32.1. The second-order valence-electron chi connectivity index (χ2n) is 7.48. The number of aliphatic hydroxyl groups is 2. The molecule has 0 spiro atoms. The van der Waals surface area contributed by atoms with E-state index >= 15 is 0 Å². The van der Waals surface area contributed by atoms with Gasteiger partial charge in [-0.3, -0.25) is 4.79 Å². The van der Waals surface area contributed by atoms with Crippen LogP contribution in [-0.2, 0) is 0 Å². The first-order chi connectivity index (χ1) is 12.8. The Morgan fingerprint density at radius 1 is 1.26 bits per heavy atom. The lowest BCUT2D eigenvalue weighted by Gasteiger charge is -2.34. The number of rotatable bonds is 3. The molecule has 1 aromatic carbocycles. The Labute approximate surface area is 164 Å². The van der Waals surface area contributed by atoms with Gasteiger partial charge in [0.15, 0.2) is 0 Å². The monoisotopic (exact) mass is 383 g/mol. The van der Waals surface area contributed by atoms with Crippen molar-refractivity contribution >= 4 is 17.2 Å². The molecule has 1 fully saturated rings. The number of thiophene rings is 1. The normalized spacial score (nSPS) is 16.5. The summed E-state index contributed by atoms with van der Waals surface area (Å²) >= 11 is 1.58. The zero-order valence-corrected chi connectivity index (χ0v) is 16.5. The van der Waals surface area contributed by atoms with Crippen LogP contribution in [0.5, 0.6) is 0 Å². The van der Waals surface area contributed by atoms with E-state index in [9.17, 15) is 15.0 Å². The van der Waals surface area contributed by atoms with Crippen molar-refractivity contribution < 1.29 is 15.0 Å². The summed E-state index contributed by atoms with van der Waals surface area (Å²) in [7, 11) is 0. The maximum atomic E-state index is 12.8. The van der Waals surface area contributed by atoms with Crippen LogP contribution >= 0.6 is 11.3 Å². The predicted octanol–water partition coefficient (Wildman–Crippen LogP) is 3.46. The van der Waals surface area contributed by atoms with Gasteiger partial charge in [-0.2, -0.15) is 0 Å². The number of benzene rings is 1. The molecule has 1 amide bonds. The van der Waals surface area contributed by atoms with Crippen molar-refractivity contribution in [1.29, 1.82) is 0 Å². The van der Waals surface area contributed by atoms with E-state index in [4.69, 9.17) is 0 Å². The number of hydrogen-bond acceptors (Lipinski definition) is 4. The lowest BCUT2D eigenvalue weighted by molar-refractivity contribution is 0.0474. The van der Waals surface area contributed by atoms with Gasteiger partial charge in [0.1, 0.15) is 5.60 Å². The number of aliphatic hydroxyl groups excluding tert-OH is 1. The molecule has 1 saturated heterocycles. The highest BCUT2D eigenvalue weighted by molar-refractivity contribution is 7.10. The summed E-state index contributed by atoms with van der Waals surface area (Å²) in [5, 5.41) is 22.2. The largest absolute Gasteiger partial charge is 0.387 e. The Balaban J connectivity index is 1.63. The van der Waals surface area contributed by atoms with E-state index in [0.717, 1.165) is 17.7 Å². The van der Waals surface area contributed by atoms with E-state index in [1.54, 1.807) is 37.3 Å². The third-order valence-corrected chi connectivity index (χ3v) is 5.67. The molecule has 0 bridgehead atoms. The first-order valence-corrected chi connectivity index (χ1v) is 10.1. The SMILES string of the molecule is CC(C)(O)C#Cc1cccc(C(=O)N2CCC(C(O)c3cccs3)CC2)c1. The van der Waals surface area contributed by atoms with Gasteiger partial charge < -0.3 is 15.1 Å². The molecular weight excluding hydrogens is 358 g/mol. The second-order valence-corrected chi connectivity index (χ2v) is 8.46. The molecule has 1 aliphatic heterocycles. The lowest BCUT2D eigenvalue weighted by atomic mass is 9.90. The van der Waals surface area contributed by atoms with Gasteiger partial charge in [-0.15, -0.1) is 11.3 Å². The van der Waals surface area contributed by atoms with Crippen molar-refractivity contribution in [2.45, 2.75) is 38.4 Å². The Kier molecular flexibility index (Phi) is 6.01. The van der Waals surface area contributed by atoms with E-state index in [1.807, 2.05) is 34.5 Å². The van der Waals surface area contributed by atoms with Crippen molar-refractivity contribution in [2.75, 3.05) is 13.1 Å². The van der Waals surface area contributed by atoms with E-state index < -0.39 is 11.7 Å². The molecule has 5 heteroatoms. The number of likely N-dealkylation sites (tertiary alicyclic amines) is 1. The first kappa shape index (κ1) is 19.6. The second kappa shape index (κ2) is 8.26. The van der Waals surface area contributed by atoms with E-state index in [1.165, 1.54) is 0 Å². The van der Waals surface area contributed by atoms with Gasteiger partial charge in [0.2, 0.25) is 0 Å². The van der Waals surface area contributed by atoms with Crippen LogP contribution in [0.15, 0.2) is 41.8 Å². The van der Waals surface area contributed by atoms with Gasteiger partial charge in [-0.25, -0.2) is 0 Å². The quantitative estimate of drug-likeness (QED) is 0.798. The summed E-state index contributed by atoms with van der Waals surface area (Å²) in [6.07, 6.45) is 1.15. The summed E-state index contributed by atoms with van der Waals surface area (Å²) in [4.78, 5) is 15.7.